The molecule has 1 heterocycles. The molecule has 110 valence electrons. The number of ether oxygens (including phenoxy) is 1. The number of alkyl halides is 3. The van der Waals surface area contributed by atoms with E-state index >= 15 is 0 Å². The van der Waals surface area contributed by atoms with E-state index in [0.717, 1.165) is 18.2 Å². The third-order valence-corrected chi connectivity index (χ3v) is 2.52. The van der Waals surface area contributed by atoms with Gasteiger partial charge in [-0.2, -0.15) is 0 Å². The van der Waals surface area contributed by atoms with E-state index in [-0.39, 0.29) is 16.8 Å². The fourth-order valence-corrected chi connectivity index (χ4v) is 1.69. The first-order chi connectivity index (χ1) is 9.76. The van der Waals surface area contributed by atoms with E-state index in [4.69, 9.17) is 5.11 Å². The molecule has 0 spiro atoms. The molecule has 5 nitrogen and oxygen atoms in total. The zero-order chi connectivity index (χ0) is 15.6. The highest BCUT2D eigenvalue weighted by atomic mass is 19.4. The molecule has 8 heteroatoms. The molecule has 0 fully saturated rings. The van der Waals surface area contributed by atoms with Gasteiger partial charge in [0.2, 0.25) is 0 Å². The third-order valence-electron chi connectivity index (χ3n) is 2.52. The number of pyridine rings is 1. The number of hydrogen-bond donors (Lipinski definition) is 2. The molecule has 21 heavy (non-hydrogen) atoms. The zero-order valence-corrected chi connectivity index (χ0v) is 10.3. The van der Waals surface area contributed by atoms with Crippen molar-refractivity contribution in [3.63, 3.8) is 0 Å². The van der Waals surface area contributed by atoms with Crippen LogP contribution >= 0.6 is 0 Å². The number of aromatic carboxylic acids is 1. The van der Waals surface area contributed by atoms with Crippen LogP contribution in [0.15, 0.2) is 41.2 Å². The van der Waals surface area contributed by atoms with Crippen molar-refractivity contribution in [2.45, 2.75) is 6.36 Å². The maximum absolute atomic E-state index is 12.1. The number of nitrogens with one attached hydrogen (secondary N) is 1. The average Bonchev–Trinajstić information content (AvgIpc) is 2.36. The number of carboxylic acids is 1. The summed E-state index contributed by atoms with van der Waals surface area (Å²) in [7, 11) is 0. The first kappa shape index (κ1) is 14.6. The molecule has 0 amide bonds. The molecule has 0 bridgehead atoms. The van der Waals surface area contributed by atoms with E-state index in [0.29, 0.717) is 0 Å². The molecular formula is C13H8F3NO4. The van der Waals surface area contributed by atoms with Crippen molar-refractivity contribution in [2.24, 2.45) is 0 Å². The van der Waals surface area contributed by atoms with Crippen LogP contribution in [0.5, 0.6) is 5.75 Å². The van der Waals surface area contributed by atoms with E-state index in [1.54, 1.807) is 0 Å². The average molecular weight is 299 g/mol. The molecular weight excluding hydrogens is 291 g/mol. The highest BCUT2D eigenvalue weighted by molar-refractivity contribution is 5.85. The van der Waals surface area contributed by atoms with E-state index in [1.165, 1.54) is 18.2 Å². The minimum absolute atomic E-state index is 0.0348. The first-order valence-corrected chi connectivity index (χ1v) is 5.59. The third kappa shape index (κ3) is 3.62. The number of aromatic amines is 1. The molecule has 2 N–H and O–H groups in total. The normalized spacial score (nSPS) is 11.2. The Kier molecular flexibility index (Phi) is 3.70. The van der Waals surface area contributed by atoms with Crippen LogP contribution in [0.1, 0.15) is 10.5 Å². The summed E-state index contributed by atoms with van der Waals surface area (Å²) in [5, 5.41) is 8.73. The Labute approximate surface area is 115 Å². The largest absolute Gasteiger partial charge is 0.573 e. The predicted octanol–water partition coefficient (Wildman–Crippen LogP) is 2.64. The van der Waals surface area contributed by atoms with Crippen molar-refractivity contribution in [1.29, 1.82) is 0 Å². The minimum Gasteiger partial charge on any atom is -0.477 e. The lowest BCUT2D eigenvalue weighted by atomic mass is 10.1. The summed E-state index contributed by atoms with van der Waals surface area (Å²) in [5.74, 6) is -1.78. The van der Waals surface area contributed by atoms with Gasteiger partial charge < -0.3 is 14.8 Å². The molecule has 0 aliphatic carbocycles. The van der Waals surface area contributed by atoms with Crippen molar-refractivity contribution >= 4 is 5.97 Å². The Hall–Kier alpha value is -2.77. The van der Waals surface area contributed by atoms with Gasteiger partial charge in [0.1, 0.15) is 11.4 Å². The molecule has 2 rings (SSSR count). The summed E-state index contributed by atoms with van der Waals surface area (Å²) in [6, 6.07) is 7.20. The van der Waals surface area contributed by atoms with Gasteiger partial charge in [0, 0.05) is 5.56 Å². The molecule has 0 saturated carbocycles. The summed E-state index contributed by atoms with van der Waals surface area (Å²) < 4.78 is 40.2. The SMILES string of the molecule is O=C(O)c1ccc(-c2cccc(OC(F)(F)F)c2)c(=O)[nH]1. The maximum Gasteiger partial charge on any atom is 0.573 e. The topological polar surface area (TPSA) is 79.4 Å². The fourth-order valence-electron chi connectivity index (χ4n) is 1.69. The van der Waals surface area contributed by atoms with Gasteiger partial charge >= 0.3 is 12.3 Å². The lowest BCUT2D eigenvalue weighted by Gasteiger charge is -2.10. The van der Waals surface area contributed by atoms with Crippen LogP contribution in [-0.4, -0.2) is 22.4 Å². The lowest BCUT2D eigenvalue weighted by Crippen LogP contribution is -2.17. The van der Waals surface area contributed by atoms with E-state index < -0.39 is 23.6 Å². The first-order valence-electron chi connectivity index (χ1n) is 5.59. The van der Waals surface area contributed by atoms with Gasteiger partial charge in [0.25, 0.3) is 5.56 Å². The van der Waals surface area contributed by atoms with Gasteiger partial charge in [0.05, 0.1) is 0 Å². The number of carbonyl (C=O) groups is 1. The Morgan fingerprint density at radius 1 is 1.19 bits per heavy atom. The smallest absolute Gasteiger partial charge is 0.477 e. The van der Waals surface area contributed by atoms with Gasteiger partial charge in [-0.1, -0.05) is 12.1 Å². The van der Waals surface area contributed by atoms with Crippen LogP contribution in [0.2, 0.25) is 0 Å². The molecule has 0 aliphatic heterocycles. The lowest BCUT2D eigenvalue weighted by molar-refractivity contribution is -0.274. The van der Waals surface area contributed by atoms with Gasteiger partial charge in [-0.05, 0) is 29.8 Å². The zero-order valence-electron chi connectivity index (χ0n) is 10.3. The second kappa shape index (κ2) is 5.31. The molecule has 0 aliphatic rings. The number of aromatic nitrogens is 1. The van der Waals surface area contributed by atoms with Gasteiger partial charge in [-0.25, -0.2) is 4.79 Å². The van der Waals surface area contributed by atoms with Crippen LogP contribution < -0.4 is 10.3 Å². The van der Waals surface area contributed by atoms with Crippen LogP contribution in [0, 0.1) is 0 Å². The fraction of sp³-hybridized carbons (Fsp3) is 0.0769. The second-order valence-corrected chi connectivity index (χ2v) is 4.00. The molecule has 0 radical (unpaired) electrons. The maximum atomic E-state index is 12.1. The Bertz CT molecular complexity index is 737. The predicted molar refractivity (Wildman–Crippen MR) is 66.1 cm³/mol. The van der Waals surface area contributed by atoms with Crippen molar-refractivity contribution in [3.8, 4) is 16.9 Å². The molecule has 1 aromatic heterocycles. The number of hydrogen-bond acceptors (Lipinski definition) is 3. The minimum atomic E-state index is -4.84. The van der Waals surface area contributed by atoms with Crippen LogP contribution in [0.3, 0.4) is 0 Å². The monoisotopic (exact) mass is 299 g/mol. The number of H-pyrrole nitrogens is 1. The Morgan fingerprint density at radius 3 is 2.48 bits per heavy atom. The number of halogens is 3. The molecule has 0 saturated heterocycles. The molecule has 0 atom stereocenters. The summed E-state index contributed by atoms with van der Waals surface area (Å²) in [4.78, 5) is 24.6. The van der Waals surface area contributed by atoms with Crippen molar-refractivity contribution < 1.29 is 27.8 Å². The highest BCUT2D eigenvalue weighted by Crippen LogP contribution is 2.26. The van der Waals surface area contributed by atoms with Gasteiger partial charge in [-0.15, -0.1) is 13.2 Å². The summed E-state index contributed by atoms with van der Waals surface area (Å²) in [6.07, 6.45) is -4.84. The van der Waals surface area contributed by atoms with Gasteiger partial charge in [0.15, 0.2) is 0 Å². The number of benzene rings is 1. The van der Waals surface area contributed by atoms with E-state index in [2.05, 4.69) is 9.72 Å². The summed E-state index contributed by atoms with van der Waals surface area (Å²) in [6.45, 7) is 0. The summed E-state index contributed by atoms with van der Waals surface area (Å²) in [5.41, 5.74) is -0.826. The van der Waals surface area contributed by atoms with E-state index in [9.17, 15) is 22.8 Å². The van der Waals surface area contributed by atoms with E-state index in [1.807, 2.05) is 0 Å². The van der Waals surface area contributed by atoms with Crippen LogP contribution in [0.4, 0.5) is 13.2 Å². The number of carboxylic acid groups (broad SMARTS) is 1. The second-order valence-electron chi connectivity index (χ2n) is 4.00. The Morgan fingerprint density at radius 2 is 1.90 bits per heavy atom. The van der Waals surface area contributed by atoms with Crippen LogP contribution in [-0.2, 0) is 0 Å². The molecule has 1 aromatic carbocycles. The molecule has 2 aromatic rings. The summed E-state index contributed by atoms with van der Waals surface area (Å²) >= 11 is 0. The van der Waals surface area contributed by atoms with Crippen molar-refractivity contribution in [2.75, 3.05) is 0 Å². The standard InChI is InChI=1S/C13H8F3NO4/c14-13(15,16)21-8-3-1-2-7(6-8)9-4-5-10(12(19)20)17-11(9)18/h1-6H,(H,17,18)(H,19,20). The van der Waals surface area contributed by atoms with Crippen molar-refractivity contribution in [3.05, 3.63) is 52.4 Å². The molecule has 0 unspecified atom stereocenters. The van der Waals surface area contributed by atoms with Crippen molar-refractivity contribution in [1.82, 2.24) is 4.98 Å². The Balaban J connectivity index is 2.41. The number of rotatable bonds is 3. The van der Waals surface area contributed by atoms with Gasteiger partial charge in [-0.3, -0.25) is 4.79 Å². The quantitative estimate of drug-likeness (QED) is 0.913. The highest BCUT2D eigenvalue weighted by Gasteiger charge is 2.31. The van der Waals surface area contributed by atoms with Crippen LogP contribution in [0.25, 0.3) is 11.1 Å².